The summed E-state index contributed by atoms with van der Waals surface area (Å²) < 4.78 is 52.5. The molecule has 2 bridgehead atoms. The second-order valence-electron chi connectivity index (χ2n) is 34.7. The van der Waals surface area contributed by atoms with E-state index in [1.165, 1.54) is 11.2 Å². The number of ketones is 2. The average Bonchev–Trinajstić information content (AvgIpc) is 1.78. The van der Waals surface area contributed by atoms with Crippen LogP contribution in [0.25, 0.3) is 11.1 Å². The van der Waals surface area contributed by atoms with E-state index in [1.54, 1.807) is 50.1 Å². The molecule has 4 aromatic heterocycles. The Bertz CT molecular complexity index is 4860. The second-order valence-corrected chi connectivity index (χ2v) is 34.7. The standard InChI is InChI=1S/C95H129N17O17/c1-61-13-8-7-9-14-63(3)82(121-6)51-75-15-12-17-81(126-75)86(116)90(118)112-33-11-10-16-77(112)91(119)127-73(25-18-62(2)48-65(5)79(114)52-78(113)64(4)47-61)26-20-66-21-27-74(28-22-66)128-95(120)99-32-40-123-42-44-125-46-45-124-43-41-122-39-31-83(115)100-54-68-55-102-93(103-56-68)109-35-37-110(38-36-109)94-104-57-72(58-105-94)89(117)111-34-30-69-49-67(19-23-71(69)59-111)53-101-88-84(87(97)106-60-107-88)85(96)70-24-29-80-76(50-70)108-92(98)129-80/h7-9,13-14,19,23-24,29,48-50,55-58,60-62,64,66,73-75,77,79,81-82,96,114H,10-12,15-18,20-22,25-28,30-47,51-54,59H2,1-6H3,(H2,98,108)(H,99,120)(H,100,115)(H3,97,101,106,107)/b9-7?,13-8+,63-14?,65-48+,96-85?/t61-,62+,64-,66?,73+,74?,75?,77+,79+,81?,82+/m1/s1. The van der Waals surface area contributed by atoms with Crippen LogP contribution in [0.4, 0.5) is 34.3 Å². The number of nitrogens with zero attached hydrogens (tertiary/aromatic N) is 11. The number of aliphatic hydroxyl groups excluding tert-OH is 1. The molecule has 4 fully saturated rings. The normalized spacial score (nSPS) is 24.0. The van der Waals surface area contributed by atoms with Crippen LogP contribution in [0.5, 0.6) is 0 Å². The fourth-order valence-electron chi connectivity index (χ4n) is 17.4. The average molecular weight is 1780 g/mol. The Morgan fingerprint density at radius 2 is 1.38 bits per heavy atom. The van der Waals surface area contributed by atoms with E-state index in [4.69, 9.17) is 59.2 Å². The zero-order valence-electron chi connectivity index (χ0n) is 75.4. The number of hydrogen-bond donors (Lipinski definition) is 7. The number of anilines is 5. The van der Waals surface area contributed by atoms with E-state index in [2.05, 4.69) is 86.6 Å². The third-order valence-electron chi connectivity index (χ3n) is 25.0. The Labute approximate surface area is 754 Å². The highest BCUT2D eigenvalue weighted by Gasteiger charge is 2.42. The molecular formula is C95H129N17O17. The molecule has 6 aromatic rings. The minimum absolute atomic E-state index is 0.00666. The van der Waals surface area contributed by atoms with E-state index in [1.807, 2.05) is 68.2 Å². The van der Waals surface area contributed by atoms with Crippen LogP contribution >= 0.6 is 0 Å². The van der Waals surface area contributed by atoms with Gasteiger partial charge in [-0.3, -0.25) is 29.4 Å². The molecule has 5 aliphatic heterocycles. The number of piperazine rings is 1. The number of nitrogens with two attached hydrogens (primary N) is 2. The van der Waals surface area contributed by atoms with Gasteiger partial charge in [0, 0.05) is 134 Å². The first-order valence-electron chi connectivity index (χ1n) is 45.8. The van der Waals surface area contributed by atoms with Crippen LogP contribution in [0.1, 0.15) is 194 Å². The third-order valence-corrected chi connectivity index (χ3v) is 25.0. The van der Waals surface area contributed by atoms with Crippen molar-refractivity contribution in [1.82, 2.24) is 55.3 Å². The summed E-state index contributed by atoms with van der Waals surface area (Å²) in [4.78, 5) is 134. The van der Waals surface area contributed by atoms with Crippen molar-refractivity contribution < 1.29 is 81.0 Å². The number of piperidine rings is 1. The number of amides is 4. The molecule has 4 amide bonds. The zero-order valence-corrected chi connectivity index (χ0v) is 75.4. The molecule has 9 atom stereocenters. The number of rotatable bonds is 30. The number of ether oxygens (including phenoxy) is 8. The number of methoxy groups -OCH3 is 1. The number of aliphatic hydroxyl groups is 1. The molecule has 34 nitrogen and oxygen atoms in total. The SMILES string of the molecule is CO[C@H]1CC2CCCC(O2)C(=O)C(=O)N2CCCC[C@H]2C(=O)O[C@H](CCC2CCC(OC(=O)NCCOCCOCCOCCOCCC(=O)NCc3cnc(N4CCN(c5ncc(C(=O)N6CCc7cc(CNc8ncnc(N)c8C(=N)c8ccc9oc(N)nc9c8)ccc7C6)cn5)CC4)nc3)CC2)CC[C@H](C)/C=C(\C)[C@@H](O)CC(=O)[C@H](C)C[C@H](C)/C=C/C=CC=C1C. The monoisotopic (exact) mass is 1780 g/mol. The lowest BCUT2D eigenvalue weighted by Gasteiger charge is -2.36. The number of carbonyl (C=O) groups excluding carboxylic acids is 7. The molecule has 1 aliphatic carbocycles. The van der Waals surface area contributed by atoms with E-state index in [9.17, 15) is 38.7 Å². The molecular weight excluding hydrogens is 1650 g/mol. The number of fused-ring (bicyclic) bond motifs is 5. The van der Waals surface area contributed by atoms with Gasteiger partial charge in [0.2, 0.25) is 23.6 Å². The molecule has 9 heterocycles. The second kappa shape index (κ2) is 49.1. The number of carbonyl (C=O) groups is 7. The maximum absolute atomic E-state index is 14.4. The van der Waals surface area contributed by atoms with Gasteiger partial charge in [0.15, 0.2) is 5.58 Å². The van der Waals surface area contributed by atoms with Crippen LogP contribution in [0.15, 0.2) is 120 Å². The first-order chi connectivity index (χ1) is 62.5. The Balaban J connectivity index is 0.475. The van der Waals surface area contributed by atoms with E-state index in [0.29, 0.717) is 226 Å². The Hall–Kier alpha value is -11.0. The maximum Gasteiger partial charge on any atom is 0.407 e. The van der Waals surface area contributed by atoms with E-state index >= 15 is 0 Å². The fourth-order valence-corrected chi connectivity index (χ4v) is 17.4. The van der Waals surface area contributed by atoms with Crippen LogP contribution in [0.2, 0.25) is 0 Å². The lowest BCUT2D eigenvalue weighted by atomic mass is 9.83. The summed E-state index contributed by atoms with van der Waals surface area (Å²) in [5, 5.41) is 29.3. The number of hydrogen-bond acceptors (Lipinski definition) is 30. The van der Waals surface area contributed by atoms with Crippen LogP contribution in [-0.2, 0) is 87.9 Å². The number of nitrogen functional groups attached to an aromatic ring is 2. The van der Waals surface area contributed by atoms with Gasteiger partial charge in [-0.25, -0.2) is 39.5 Å². The molecule has 0 radical (unpaired) electrons. The number of benzene rings is 2. The molecule has 1 saturated carbocycles. The van der Waals surface area contributed by atoms with E-state index in [0.717, 1.165) is 53.5 Å². The Kier molecular flexibility index (Phi) is 37.0. The van der Waals surface area contributed by atoms with Gasteiger partial charge in [-0.2, -0.15) is 4.98 Å². The smallest absolute Gasteiger partial charge is 0.407 e. The summed E-state index contributed by atoms with van der Waals surface area (Å²) in [6.07, 6.45) is 27.4. The summed E-state index contributed by atoms with van der Waals surface area (Å²) in [7, 11) is 1.65. The molecule has 34 heteroatoms. The summed E-state index contributed by atoms with van der Waals surface area (Å²) in [5.74, 6) is -0.302. The van der Waals surface area contributed by atoms with Crippen molar-refractivity contribution in [3.63, 3.8) is 0 Å². The minimum Gasteiger partial charge on any atom is -0.461 e. The number of cyclic esters (lactones) is 1. The largest absolute Gasteiger partial charge is 0.461 e. The van der Waals surface area contributed by atoms with Crippen molar-refractivity contribution in [2.24, 2.45) is 23.7 Å². The lowest BCUT2D eigenvalue weighted by Crippen LogP contribution is -2.54. The molecule has 12 rings (SSSR count). The van der Waals surface area contributed by atoms with Crippen LogP contribution in [0, 0.1) is 29.1 Å². The first-order valence-corrected chi connectivity index (χ1v) is 45.8. The highest BCUT2D eigenvalue weighted by Crippen LogP contribution is 2.35. The van der Waals surface area contributed by atoms with Crippen molar-refractivity contribution in [2.75, 3.05) is 132 Å². The number of Topliss-reactive ketones (excluding diaryl/α,β-unsaturated/α-hetero) is 2. The van der Waals surface area contributed by atoms with Crippen molar-refractivity contribution in [3.8, 4) is 0 Å². The van der Waals surface area contributed by atoms with Gasteiger partial charge in [0.25, 0.3) is 17.8 Å². The van der Waals surface area contributed by atoms with Crippen LogP contribution < -0.4 is 37.2 Å². The number of nitrogens with one attached hydrogen (secondary N) is 4. The van der Waals surface area contributed by atoms with E-state index in [-0.39, 0.29) is 117 Å². The van der Waals surface area contributed by atoms with Gasteiger partial charge in [0.05, 0.1) is 88.0 Å². The number of esters is 1. The number of oxazole rings is 1. The van der Waals surface area contributed by atoms with Crippen molar-refractivity contribution in [1.29, 1.82) is 5.41 Å². The van der Waals surface area contributed by atoms with Gasteiger partial charge < -0.3 is 94.4 Å². The lowest BCUT2D eigenvalue weighted by molar-refractivity contribution is -0.167. The molecule has 2 aromatic carbocycles. The summed E-state index contributed by atoms with van der Waals surface area (Å²) in [6.45, 7) is 17.1. The molecule has 9 N–H and O–H groups in total. The maximum atomic E-state index is 14.4. The molecule has 129 heavy (non-hydrogen) atoms. The van der Waals surface area contributed by atoms with Gasteiger partial charge >= 0.3 is 12.1 Å². The van der Waals surface area contributed by atoms with Crippen molar-refractivity contribution >= 4 is 87.7 Å². The third kappa shape index (κ3) is 29.0. The summed E-state index contributed by atoms with van der Waals surface area (Å²) in [5.41, 5.74) is 20.2. The minimum atomic E-state index is -0.927. The topological polar surface area (TPSA) is 442 Å². The number of allylic oxidation sites excluding steroid dienone is 6. The highest BCUT2D eigenvalue weighted by atomic mass is 16.6. The van der Waals surface area contributed by atoms with Gasteiger partial charge in [-0.05, 0) is 180 Å². The summed E-state index contributed by atoms with van der Waals surface area (Å²) in [6, 6.07) is 10.5. The van der Waals surface area contributed by atoms with Crippen LogP contribution in [-0.4, -0.2) is 245 Å². The molecule has 3 saturated heterocycles. The quantitative estimate of drug-likeness (QED) is 0.00724. The summed E-state index contributed by atoms with van der Waals surface area (Å²) >= 11 is 0. The molecule has 6 aliphatic rings. The molecule has 2 unspecified atom stereocenters. The molecule has 0 spiro atoms. The van der Waals surface area contributed by atoms with Crippen LogP contribution in [0.3, 0.4) is 0 Å². The number of aromatic nitrogens is 7. The van der Waals surface area contributed by atoms with Gasteiger partial charge in [-0.15, -0.1) is 0 Å². The van der Waals surface area contributed by atoms with E-state index < -0.39 is 48.1 Å². The van der Waals surface area contributed by atoms with Gasteiger partial charge in [0.1, 0.15) is 53.6 Å². The predicted molar refractivity (Wildman–Crippen MR) is 486 cm³/mol. The predicted octanol–water partition coefficient (Wildman–Crippen LogP) is 10.7. The zero-order chi connectivity index (χ0) is 91.1. The first kappa shape index (κ1) is 97.1. The van der Waals surface area contributed by atoms with Gasteiger partial charge in [-0.1, -0.05) is 75.4 Å². The fraction of sp³-hybridized carbons (Fsp3) is 0.568. The molecule has 696 valence electrons. The van der Waals surface area contributed by atoms with Crippen molar-refractivity contribution in [2.45, 2.75) is 219 Å². The number of alkyl carbamates (subject to hydrolysis) is 1. The van der Waals surface area contributed by atoms with Crippen molar-refractivity contribution in [3.05, 3.63) is 154 Å². The Morgan fingerprint density at radius 1 is 0.667 bits per heavy atom. The Morgan fingerprint density at radius 3 is 2.11 bits per heavy atom. The highest BCUT2D eigenvalue weighted by molar-refractivity contribution is 6.38.